The van der Waals surface area contributed by atoms with Crippen molar-refractivity contribution in [2.24, 2.45) is 0 Å². The Morgan fingerprint density at radius 2 is 1.87 bits per heavy atom. The number of benzene rings is 2. The van der Waals surface area contributed by atoms with Gasteiger partial charge in [0.05, 0.1) is 13.7 Å². The smallest absolute Gasteiger partial charge is 0.362 e. The summed E-state index contributed by atoms with van der Waals surface area (Å²) in [5.41, 5.74) is -0.844. The monoisotopic (exact) mass is 420 g/mol. The molecule has 1 heterocycles. The van der Waals surface area contributed by atoms with Crippen molar-refractivity contribution in [1.82, 2.24) is 14.8 Å². The van der Waals surface area contributed by atoms with Crippen LogP contribution in [0.4, 0.5) is 24.8 Å². The van der Waals surface area contributed by atoms with Gasteiger partial charge in [0.1, 0.15) is 5.75 Å². The van der Waals surface area contributed by atoms with Crippen molar-refractivity contribution < 1.29 is 27.8 Å². The van der Waals surface area contributed by atoms with E-state index in [-0.39, 0.29) is 18.1 Å². The van der Waals surface area contributed by atoms with Crippen LogP contribution in [0.3, 0.4) is 0 Å². The van der Waals surface area contributed by atoms with Gasteiger partial charge in [-0.1, -0.05) is 0 Å². The van der Waals surface area contributed by atoms with E-state index in [1.54, 1.807) is 25.1 Å². The lowest BCUT2D eigenvalue weighted by molar-refractivity contribution is 0.0685. The van der Waals surface area contributed by atoms with Crippen molar-refractivity contribution in [3.05, 3.63) is 75.0 Å². The lowest BCUT2D eigenvalue weighted by atomic mass is 10.2. The average Bonchev–Trinajstić information content (AvgIpc) is 2.69. The van der Waals surface area contributed by atoms with Crippen LogP contribution < -0.4 is 15.6 Å². The number of hydrogen-bond donors (Lipinski definition) is 2. The van der Waals surface area contributed by atoms with Crippen molar-refractivity contribution in [2.45, 2.75) is 13.5 Å². The van der Waals surface area contributed by atoms with Gasteiger partial charge in [0.25, 0.3) is 0 Å². The predicted octanol–water partition coefficient (Wildman–Crippen LogP) is 2.86. The Morgan fingerprint density at radius 3 is 2.43 bits per heavy atom. The summed E-state index contributed by atoms with van der Waals surface area (Å²) >= 11 is 0. The number of carbonyl (C=O) groups is 1. The number of methoxy groups -OCH3 is 1. The summed E-state index contributed by atoms with van der Waals surface area (Å²) in [6.45, 7) is 1.36. The number of nitrogens with one attached hydrogen (secondary N) is 1. The molecule has 30 heavy (non-hydrogen) atoms. The van der Waals surface area contributed by atoms with Gasteiger partial charge in [0.15, 0.2) is 17.5 Å². The van der Waals surface area contributed by atoms with Crippen LogP contribution in [-0.2, 0) is 6.54 Å². The van der Waals surface area contributed by atoms with E-state index >= 15 is 0 Å². The number of rotatable bonds is 6. The number of hydrogen-bond acceptors (Lipinski definition) is 6. The van der Waals surface area contributed by atoms with E-state index < -0.39 is 34.7 Å². The summed E-state index contributed by atoms with van der Waals surface area (Å²) in [6, 6.07) is 6.45. The number of carboxylic acids is 1. The molecule has 0 radical (unpaired) electrons. The average molecular weight is 420 g/mol. The van der Waals surface area contributed by atoms with Crippen LogP contribution >= 0.6 is 0 Å². The van der Waals surface area contributed by atoms with E-state index in [4.69, 9.17) is 9.84 Å². The summed E-state index contributed by atoms with van der Waals surface area (Å²) < 4.78 is 46.4. The van der Waals surface area contributed by atoms with Gasteiger partial charge in [-0.05, 0) is 48.4 Å². The fourth-order valence-electron chi connectivity index (χ4n) is 2.65. The van der Waals surface area contributed by atoms with Gasteiger partial charge in [-0.3, -0.25) is 4.79 Å². The molecule has 0 bridgehead atoms. The van der Waals surface area contributed by atoms with Gasteiger partial charge >= 0.3 is 11.5 Å². The highest BCUT2D eigenvalue weighted by atomic mass is 19.2. The predicted molar refractivity (Wildman–Crippen MR) is 99.7 cm³/mol. The van der Waals surface area contributed by atoms with E-state index in [1.165, 1.54) is 7.11 Å². The zero-order valence-electron chi connectivity index (χ0n) is 15.7. The van der Waals surface area contributed by atoms with Crippen LogP contribution in [0.15, 0.2) is 35.1 Å². The summed E-state index contributed by atoms with van der Waals surface area (Å²) in [6.07, 6.45) is 0. The van der Waals surface area contributed by atoms with Gasteiger partial charge in [-0.2, -0.15) is 10.1 Å². The Hall–Kier alpha value is -3.89. The molecule has 1 aromatic heterocycles. The minimum Gasteiger partial charge on any atom is -0.497 e. The zero-order valence-corrected chi connectivity index (χ0v) is 15.7. The molecule has 0 fully saturated rings. The molecule has 2 aromatic carbocycles. The Morgan fingerprint density at radius 1 is 1.20 bits per heavy atom. The van der Waals surface area contributed by atoms with Gasteiger partial charge in [-0.15, -0.1) is 0 Å². The maximum atomic E-state index is 13.6. The maximum absolute atomic E-state index is 13.6. The number of aromatic carboxylic acids is 1. The van der Waals surface area contributed by atoms with Crippen molar-refractivity contribution in [3.8, 4) is 5.75 Å². The highest BCUT2D eigenvalue weighted by Crippen LogP contribution is 2.24. The molecule has 0 saturated heterocycles. The number of carboxylic acid groups (broad SMARTS) is 1. The van der Waals surface area contributed by atoms with Gasteiger partial charge in [0.2, 0.25) is 11.6 Å². The number of anilines is 2. The molecular weight excluding hydrogens is 405 g/mol. The normalized spacial score (nSPS) is 10.7. The minimum absolute atomic E-state index is 0.0600. The molecule has 0 aliphatic rings. The molecule has 11 heteroatoms. The highest BCUT2D eigenvalue weighted by Gasteiger charge is 2.18. The van der Waals surface area contributed by atoms with E-state index in [0.29, 0.717) is 17.0 Å². The Bertz CT molecular complexity index is 1170. The minimum atomic E-state index is -1.64. The fourth-order valence-corrected chi connectivity index (χ4v) is 2.65. The van der Waals surface area contributed by atoms with Crippen LogP contribution in [0.25, 0.3) is 0 Å². The molecule has 0 spiro atoms. The number of aromatic nitrogens is 3. The number of halogens is 3. The van der Waals surface area contributed by atoms with Crippen LogP contribution in [-0.4, -0.2) is 33.0 Å². The van der Waals surface area contributed by atoms with Crippen LogP contribution in [0.2, 0.25) is 0 Å². The maximum Gasteiger partial charge on any atom is 0.362 e. The van der Waals surface area contributed by atoms with Crippen molar-refractivity contribution in [3.63, 3.8) is 0 Å². The highest BCUT2D eigenvalue weighted by molar-refractivity contribution is 5.84. The van der Waals surface area contributed by atoms with Gasteiger partial charge in [0, 0.05) is 5.69 Å². The summed E-state index contributed by atoms with van der Waals surface area (Å²) in [5, 5.41) is 15.7. The molecule has 0 aliphatic carbocycles. The van der Waals surface area contributed by atoms with Crippen LogP contribution in [0, 0.1) is 24.4 Å². The molecule has 0 aliphatic heterocycles. The molecule has 156 valence electrons. The van der Waals surface area contributed by atoms with Crippen molar-refractivity contribution in [1.29, 1.82) is 0 Å². The first kappa shape index (κ1) is 20.8. The number of ether oxygens (including phenoxy) is 1. The van der Waals surface area contributed by atoms with Gasteiger partial charge in [-0.25, -0.2) is 22.6 Å². The lowest BCUT2D eigenvalue weighted by Crippen LogP contribution is -2.27. The largest absolute Gasteiger partial charge is 0.497 e. The number of aryl methyl sites for hydroxylation is 1. The van der Waals surface area contributed by atoms with Crippen molar-refractivity contribution in [2.75, 3.05) is 12.4 Å². The molecule has 0 amide bonds. The molecule has 0 atom stereocenters. The fraction of sp³-hybridized carbons (Fsp3) is 0.158. The molecular formula is C19H15F3N4O4. The summed E-state index contributed by atoms with van der Waals surface area (Å²) in [7, 11) is 1.50. The number of nitrogens with zero attached hydrogens (tertiary/aromatic N) is 3. The van der Waals surface area contributed by atoms with Crippen LogP contribution in [0.5, 0.6) is 5.75 Å². The second kappa shape index (κ2) is 8.23. The SMILES string of the molecule is COc1ccc(Nc2nc(=O)c(C(=O)O)nn2Cc2cc(F)c(F)c(F)c2)c(C)c1. The standard InChI is InChI=1S/C19H15F3N4O4/c1-9-5-11(30-2)3-4-14(9)23-19-24-17(27)16(18(28)29)25-26(19)8-10-6-12(20)15(22)13(21)7-10/h3-7H,8H2,1-2H3,(H,28,29)(H,23,24,27). The zero-order chi connectivity index (χ0) is 22.0. The van der Waals surface area contributed by atoms with Crippen LogP contribution in [0.1, 0.15) is 21.6 Å². The van der Waals surface area contributed by atoms with Crippen molar-refractivity contribution >= 4 is 17.6 Å². The molecule has 0 saturated carbocycles. The Labute approximate surface area is 167 Å². The first-order valence-electron chi connectivity index (χ1n) is 8.47. The molecule has 2 N–H and O–H groups in total. The van der Waals surface area contributed by atoms with Gasteiger partial charge < -0.3 is 15.2 Å². The van der Waals surface area contributed by atoms with E-state index in [9.17, 15) is 22.8 Å². The first-order valence-corrected chi connectivity index (χ1v) is 8.47. The van der Waals surface area contributed by atoms with E-state index in [2.05, 4.69) is 15.4 Å². The molecule has 3 aromatic rings. The third-order valence-corrected chi connectivity index (χ3v) is 4.13. The molecule has 3 rings (SSSR count). The lowest BCUT2D eigenvalue weighted by Gasteiger charge is -2.15. The first-order chi connectivity index (χ1) is 14.2. The Balaban J connectivity index is 2.07. The van der Waals surface area contributed by atoms with E-state index in [1.807, 2.05) is 0 Å². The van der Waals surface area contributed by atoms with E-state index in [0.717, 1.165) is 16.8 Å². The third-order valence-electron chi connectivity index (χ3n) is 4.13. The Kier molecular flexibility index (Phi) is 5.72. The second-order valence-corrected chi connectivity index (χ2v) is 6.23. The second-order valence-electron chi connectivity index (χ2n) is 6.23. The topological polar surface area (TPSA) is 106 Å². The quantitative estimate of drug-likeness (QED) is 0.591. The summed E-state index contributed by atoms with van der Waals surface area (Å²) in [5.74, 6) is -5.69. The third kappa shape index (κ3) is 4.24. The summed E-state index contributed by atoms with van der Waals surface area (Å²) in [4.78, 5) is 27.0. The molecule has 8 nitrogen and oxygen atoms in total. The molecule has 0 unspecified atom stereocenters.